The molecule has 2 N–H and O–H groups in total. The Kier molecular flexibility index (Phi) is 8.21. The highest BCUT2D eigenvalue weighted by atomic mass is 127. The van der Waals surface area contributed by atoms with Gasteiger partial charge in [-0.15, -0.1) is 24.0 Å². The van der Waals surface area contributed by atoms with Crippen LogP contribution in [0.1, 0.15) is 37.4 Å². The smallest absolute Gasteiger partial charge is 0.191 e. The molecule has 2 aliphatic heterocycles. The molecule has 0 spiro atoms. The lowest BCUT2D eigenvalue weighted by Gasteiger charge is -2.38. The Morgan fingerprint density at radius 3 is 2.59 bits per heavy atom. The van der Waals surface area contributed by atoms with Crippen LogP contribution < -0.4 is 20.3 Å². The van der Waals surface area contributed by atoms with E-state index in [2.05, 4.69) is 75.6 Å². The molecule has 174 valence electrons. The van der Waals surface area contributed by atoms with E-state index in [0.29, 0.717) is 6.54 Å². The van der Waals surface area contributed by atoms with E-state index in [1.54, 1.807) is 7.05 Å². The second-order valence-corrected chi connectivity index (χ2v) is 9.04. The van der Waals surface area contributed by atoms with Gasteiger partial charge >= 0.3 is 0 Å². The van der Waals surface area contributed by atoms with E-state index >= 15 is 0 Å². The monoisotopic (exact) mass is 550 g/mol. The number of likely N-dealkylation sites (N-methyl/N-ethyl adjacent to an activating group) is 1. The second-order valence-electron chi connectivity index (χ2n) is 9.04. The molecular weight excluding hydrogens is 515 g/mol. The molecular formula is C24H35IN6O. The van der Waals surface area contributed by atoms with E-state index in [1.165, 1.54) is 5.56 Å². The molecule has 1 aromatic carbocycles. The van der Waals surface area contributed by atoms with Crippen molar-refractivity contribution in [3.05, 3.63) is 53.7 Å². The largest absolute Gasteiger partial charge is 0.487 e. The molecule has 1 unspecified atom stereocenters. The van der Waals surface area contributed by atoms with Crippen molar-refractivity contribution in [2.45, 2.75) is 38.5 Å². The molecule has 0 bridgehead atoms. The van der Waals surface area contributed by atoms with Crippen LogP contribution in [0.25, 0.3) is 0 Å². The summed E-state index contributed by atoms with van der Waals surface area (Å²) in [4.78, 5) is 13.8. The summed E-state index contributed by atoms with van der Waals surface area (Å²) in [6, 6.07) is 12.6. The van der Waals surface area contributed by atoms with Crippen molar-refractivity contribution in [1.29, 1.82) is 0 Å². The number of hydrogen-bond acceptors (Lipinski definition) is 5. The summed E-state index contributed by atoms with van der Waals surface area (Å²) in [5.41, 5.74) is 2.07. The number of aliphatic imine (C=N–C) groups is 1. The summed E-state index contributed by atoms with van der Waals surface area (Å²) in [7, 11) is 3.97. The van der Waals surface area contributed by atoms with Crippen LogP contribution in [-0.2, 0) is 6.54 Å². The van der Waals surface area contributed by atoms with Crippen molar-refractivity contribution in [1.82, 2.24) is 20.5 Å². The van der Waals surface area contributed by atoms with Crippen LogP contribution in [0, 0.1) is 0 Å². The molecule has 0 amide bonds. The molecule has 2 aliphatic rings. The van der Waals surface area contributed by atoms with Crippen molar-refractivity contribution in [2.75, 3.05) is 45.2 Å². The summed E-state index contributed by atoms with van der Waals surface area (Å²) in [5.74, 6) is 2.77. The molecule has 0 saturated carbocycles. The first kappa shape index (κ1) is 24.6. The Labute approximate surface area is 208 Å². The van der Waals surface area contributed by atoms with Gasteiger partial charge in [-0.05, 0) is 38.6 Å². The first-order valence-electron chi connectivity index (χ1n) is 11.1. The molecule has 7 nitrogen and oxygen atoms in total. The normalized spacial score (nSPS) is 20.6. The van der Waals surface area contributed by atoms with Gasteiger partial charge in [0.25, 0.3) is 0 Å². The third kappa shape index (κ3) is 6.04. The quantitative estimate of drug-likeness (QED) is 0.346. The summed E-state index contributed by atoms with van der Waals surface area (Å²) >= 11 is 0. The lowest BCUT2D eigenvalue weighted by Crippen LogP contribution is -2.45. The highest BCUT2D eigenvalue weighted by Crippen LogP contribution is 2.39. The minimum atomic E-state index is -0.228. The van der Waals surface area contributed by atoms with Gasteiger partial charge in [0.2, 0.25) is 0 Å². The van der Waals surface area contributed by atoms with Gasteiger partial charge in [-0.3, -0.25) is 4.99 Å². The number of nitrogens with one attached hydrogen (secondary N) is 2. The second kappa shape index (κ2) is 10.7. The number of pyridine rings is 1. The number of guanidine groups is 1. The number of halogens is 1. The third-order valence-electron chi connectivity index (χ3n) is 6.01. The minimum Gasteiger partial charge on any atom is -0.487 e. The van der Waals surface area contributed by atoms with E-state index in [4.69, 9.17) is 4.74 Å². The maximum atomic E-state index is 6.15. The van der Waals surface area contributed by atoms with Crippen LogP contribution in [0.2, 0.25) is 0 Å². The summed E-state index contributed by atoms with van der Waals surface area (Å²) in [5, 5.41) is 7.01. The molecule has 1 aromatic heterocycles. The number of nitrogens with zero attached hydrogens (tertiary/aromatic N) is 4. The summed E-state index contributed by atoms with van der Waals surface area (Å²) < 4.78 is 6.15. The Balaban J connectivity index is 0.00000289. The third-order valence-corrected chi connectivity index (χ3v) is 6.01. The van der Waals surface area contributed by atoms with Crippen LogP contribution in [-0.4, -0.2) is 61.7 Å². The maximum absolute atomic E-state index is 6.15. The van der Waals surface area contributed by atoms with Crippen molar-refractivity contribution in [3.63, 3.8) is 0 Å². The summed E-state index contributed by atoms with van der Waals surface area (Å²) in [6.45, 7) is 9.15. The first-order valence-corrected chi connectivity index (χ1v) is 11.1. The fourth-order valence-electron chi connectivity index (χ4n) is 4.22. The highest BCUT2D eigenvalue weighted by molar-refractivity contribution is 14.0. The molecule has 2 aromatic rings. The average Bonchev–Trinajstić information content (AvgIpc) is 2.76. The van der Waals surface area contributed by atoms with Crippen LogP contribution >= 0.6 is 24.0 Å². The standard InChI is InChI=1S/C24H34N6O.HI/c1-24(2)15-20(19-7-5-6-8-21(19)31-24)28-23(25-3)27-17-18-9-10-22(26-16-18)30-13-11-29(4)12-14-30;/h5-10,16,20H,11-15,17H2,1-4H3,(H2,25,27,28);1H. The number of para-hydroxylation sites is 1. The van der Waals surface area contributed by atoms with Gasteiger partial charge in [0.1, 0.15) is 17.2 Å². The number of hydrogen-bond donors (Lipinski definition) is 2. The SMILES string of the molecule is CN=C(NCc1ccc(N2CCN(C)CC2)nc1)NC1CC(C)(C)Oc2ccccc21.I. The molecule has 4 rings (SSSR count). The number of fused-ring (bicyclic) bond motifs is 1. The van der Waals surface area contributed by atoms with Crippen molar-refractivity contribution in [3.8, 4) is 5.75 Å². The predicted octanol–water partition coefficient (Wildman–Crippen LogP) is 3.42. The molecule has 0 aliphatic carbocycles. The number of anilines is 1. The van der Waals surface area contributed by atoms with Gasteiger partial charge in [0.05, 0.1) is 6.04 Å². The maximum Gasteiger partial charge on any atom is 0.191 e. The fourth-order valence-corrected chi connectivity index (χ4v) is 4.22. The Morgan fingerprint density at radius 1 is 1.16 bits per heavy atom. The Hall–Kier alpha value is -2.07. The fraction of sp³-hybridized carbons (Fsp3) is 0.500. The number of ether oxygens (including phenoxy) is 1. The van der Waals surface area contributed by atoms with Gasteiger partial charge in [0.15, 0.2) is 5.96 Å². The van der Waals surface area contributed by atoms with Gasteiger partial charge < -0.3 is 25.2 Å². The van der Waals surface area contributed by atoms with E-state index in [-0.39, 0.29) is 35.6 Å². The number of aromatic nitrogens is 1. The van der Waals surface area contributed by atoms with E-state index in [9.17, 15) is 0 Å². The minimum absolute atomic E-state index is 0. The Bertz CT molecular complexity index is 909. The molecule has 8 heteroatoms. The van der Waals surface area contributed by atoms with Crippen molar-refractivity contribution < 1.29 is 4.74 Å². The lowest BCUT2D eigenvalue weighted by molar-refractivity contribution is 0.0694. The lowest BCUT2D eigenvalue weighted by atomic mass is 9.90. The molecule has 32 heavy (non-hydrogen) atoms. The predicted molar refractivity (Wildman–Crippen MR) is 141 cm³/mol. The van der Waals surface area contributed by atoms with Crippen LogP contribution in [0.15, 0.2) is 47.6 Å². The molecule has 1 atom stereocenters. The van der Waals surface area contributed by atoms with Crippen molar-refractivity contribution in [2.24, 2.45) is 4.99 Å². The molecule has 1 saturated heterocycles. The number of rotatable bonds is 4. The summed E-state index contributed by atoms with van der Waals surface area (Å²) in [6.07, 6.45) is 2.83. The molecule has 0 radical (unpaired) electrons. The first-order chi connectivity index (χ1) is 14.9. The van der Waals surface area contributed by atoms with Gasteiger partial charge in [0, 0.05) is 58.0 Å². The zero-order valence-electron chi connectivity index (χ0n) is 19.5. The van der Waals surface area contributed by atoms with Crippen molar-refractivity contribution >= 4 is 35.8 Å². The Morgan fingerprint density at radius 2 is 1.91 bits per heavy atom. The highest BCUT2D eigenvalue weighted by Gasteiger charge is 2.33. The van der Waals surface area contributed by atoms with Crippen LogP contribution in [0.4, 0.5) is 5.82 Å². The van der Waals surface area contributed by atoms with Gasteiger partial charge in [-0.2, -0.15) is 0 Å². The van der Waals surface area contributed by atoms with E-state index < -0.39 is 0 Å². The average molecular weight is 550 g/mol. The van der Waals surface area contributed by atoms with Crippen LogP contribution in [0.3, 0.4) is 0 Å². The topological polar surface area (TPSA) is 65.0 Å². The number of piperazine rings is 1. The molecule has 3 heterocycles. The molecule has 1 fully saturated rings. The zero-order chi connectivity index (χ0) is 21.8. The van der Waals surface area contributed by atoms with Crippen LogP contribution in [0.5, 0.6) is 5.75 Å². The van der Waals surface area contributed by atoms with E-state index in [0.717, 1.165) is 55.7 Å². The van der Waals surface area contributed by atoms with Gasteiger partial charge in [-0.25, -0.2) is 4.98 Å². The van der Waals surface area contributed by atoms with Gasteiger partial charge in [-0.1, -0.05) is 24.3 Å². The van der Waals surface area contributed by atoms with E-state index in [1.807, 2.05) is 18.3 Å². The zero-order valence-corrected chi connectivity index (χ0v) is 21.8. The number of benzene rings is 1.